The molecule has 2 fully saturated rings. The van der Waals surface area contributed by atoms with Crippen molar-refractivity contribution in [2.75, 3.05) is 38.1 Å². The molecule has 4 rings (SSSR count). The summed E-state index contributed by atoms with van der Waals surface area (Å²) in [6, 6.07) is 8.79. The Balaban J connectivity index is 1.26. The van der Waals surface area contributed by atoms with Crippen LogP contribution in [0.3, 0.4) is 0 Å². The Morgan fingerprint density at radius 3 is 2.65 bits per heavy atom. The number of nitrogens with zero attached hydrogens (tertiary/aromatic N) is 4. The third kappa shape index (κ3) is 6.49. The molecule has 0 unspecified atom stereocenters. The Hall–Kier alpha value is -2.50. The molecule has 1 aliphatic heterocycles. The molecular formula is C25H37N5O. The summed E-state index contributed by atoms with van der Waals surface area (Å²) in [4.78, 5) is 13.9. The molecule has 1 N–H and O–H groups in total. The second-order valence-electron chi connectivity index (χ2n) is 9.01. The van der Waals surface area contributed by atoms with Gasteiger partial charge in [0.15, 0.2) is 5.96 Å². The van der Waals surface area contributed by atoms with E-state index < -0.39 is 0 Å². The standard InChI is InChI=1S/C25H37N5O/c1-29(17-11-21-12-18-30(19-13-21)23-8-14-26-15-9-23)25(28-22-5-2-3-6-22)27-16-10-24-7-4-20-31-24/h4,7-9,14-15,20-22H,2-3,5-6,10-13,16-19H2,1H3,(H,27,28). The molecule has 0 radical (unpaired) electrons. The van der Waals surface area contributed by atoms with Crippen LogP contribution in [0, 0.1) is 5.92 Å². The maximum absolute atomic E-state index is 5.47. The lowest BCUT2D eigenvalue weighted by atomic mass is 9.93. The molecule has 1 saturated heterocycles. The number of furan rings is 1. The van der Waals surface area contributed by atoms with Crippen molar-refractivity contribution in [1.82, 2.24) is 15.2 Å². The van der Waals surface area contributed by atoms with Gasteiger partial charge in [-0.2, -0.15) is 0 Å². The number of hydrogen-bond acceptors (Lipinski definition) is 4. The van der Waals surface area contributed by atoms with Crippen LogP contribution in [0.25, 0.3) is 0 Å². The Labute approximate surface area is 186 Å². The average molecular weight is 424 g/mol. The molecule has 0 amide bonds. The SMILES string of the molecule is CN(CCC1CCN(c2ccncc2)CC1)C(=NCCc1ccco1)NC1CCCC1. The van der Waals surface area contributed by atoms with Crippen LogP contribution >= 0.6 is 0 Å². The number of guanidine groups is 1. The van der Waals surface area contributed by atoms with Crippen molar-refractivity contribution in [3.05, 3.63) is 48.7 Å². The van der Waals surface area contributed by atoms with E-state index in [0.717, 1.165) is 50.2 Å². The topological polar surface area (TPSA) is 56.9 Å². The molecule has 2 aromatic rings. The van der Waals surface area contributed by atoms with E-state index in [1.54, 1.807) is 6.26 Å². The fourth-order valence-electron chi connectivity index (χ4n) is 4.77. The molecule has 6 nitrogen and oxygen atoms in total. The highest BCUT2D eigenvalue weighted by Gasteiger charge is 2.22. The molecule has 168 valence electrons. The summed E-state index contributed by atoms with van der Waals surface area (Å²) in [6.07, 6.45) is 15.3. The highest BCUT2D eigenvalue weighted by Crippen LogP contribution is 2.25. The minimum Gasteiger partial charge on any atom is -0.469 e. The monoisotopic (exact) mass is 423 g/mol. The van der Waals surface area contributed by atoms with Gasteiger partial charge in [-0.1, -0.05) is 12.8 Å². The van der Waals surface area contributed by atoms with E-state index in [9.17, 15) is 0 Å². The summed E-state index contributed by atoms with van der Waals surface area (Å²) in [5, 5.41) is 3.74. The minimum atomic E-state index is 0.577. The molecule has 0 aromatic carbocycles. The third-order valence-electron chi connectivity index (χ3n) is 6.77. The number of pyridine rings is 1. The van der Waals surface area contributed by atoms with E-state index in [-0.39, 0.29) is 0 Å². The Kier molecular flexibility index (Phi) is 7.86. The number of hydrogen-bond donors (Lipinski definition) is 1. The Bertz CT molecular complexity index is 778. The zero-order valence-electron chi connectivity index (χ0n) is 18.9. The van der Waals surface area contributed by atoms with Crippen molar-refractivity contribution >= 4 is 11.6 Å². The van der Waals surface area contributed by atoms with E-state index in [1.807, 2.05) is 24.5 Å². The summed E-state index contributed by atoms with van der Waals surface area (Å²) in [5.41, 5.74) is 1.30. The van der Waals surface area contributed by atoms with E-state index in [2.05, 4.69) is 39.3 Å². The number of anilines is 1. The van der Waals surface area contributed by atoms with Crippen molar-refractivity contribution in [3.8, 4) is 0 Å². The van der Waals surface area contributed by atoms with Crippen molar-refractivity contribution in [3.63, 3.8) is 0 Å². The average Bonchev–Trinajstić information content (AvgIpc) is 3.52. The molecule has 1 saturated carbocycles. The number of aromatic nitrogens is 1. The highest BCUT2D eigenvalue weighted by atomic mass is 16.3. The lowest BCUT2D eigenvalue weighted by Gasteiger charge is -2.34. The normalized spacial score (nSPS) is 18.5. The van der Waals surface area contributed by atoms with Crippen molar-refractivity contribution in [1.29, 1.82) is 0 Å². The quantitative estimate of drug-likeness (QED) is 0.505. The zero-order chi connectivity index (χ0) is 21.3. The molecule has 31 heavy (non-hydrogen) atoms. The van der Waals surface area contributed by atoms with Gasteiger partial charge in [0.2, 0.25) is 0 Å². The fraction of sp³-hybridized carbons (Fsp3) is 0.600. The van der Waals surface area contributed by atoms with Gasteiger partial charge >= 0.3 is 0 Å². The van der Waals surface area contributed by atoms with Crippen molar-refractivity contribution in [2.45, 2.75) is 57.4 Å². The van der Waals surface area contributed by atoms with Gasteiger partial charge in [0.1, 0.15) is 5.76 Å². The van der Waals surface area contributed by atoms with Gasteiger partial charge in [-0.25, -0.2) is 0 Å². The number of rotatable bonds is 8. The number of nitrogens with one attached hydrogen (secondary N) is 1. The predicted molar refractivity (Wildman–Crippen MR) is 127 cm³/mol. The maximum Gasteiger partial charge on any atom is 0.193 e. The Morgan fingerprint density at radius 2 is 1.94 bits per heavy atom. The second-order valence-corrected chi connectivity index (χ2v) is 9.01. The number of piperidine rings is 1. The van der Waals surface area contributed by atoms with Crippen LogP contribution in [0.5, 0.6) is 0 Å². The molecule has 0 spiro atoms. The minimum absolute atomic E-state index is 0.577. The summed E-state index contributed by atoms with van der Waals surface area (Å²) in [6.45, 7) is 4.10. The van der Waals surface area contributed by atoms with Gasteiger partial charge in [-0.05, 0) is 62.3 Å². The van der Waals surface area contributed by atoms with Crippen LogP contribution in [0.1, 0.15) is 50.7 Å². The predicted octanol–water partition coefficient (Wildman–Crippen LogP) is 4.34. The van der Waals surface area contributed by atoms with Gasteiger partial charge in [-0.15, -0.1) is 0 Å². The van der Waals surface area contributed by atoms with E-state index in [0.29, 0.717) is 6.04 Å². The van der Waals surface area contributed by atoms with Gasteiger partial charge in [0.05, 0.1) is 6.26 Å². The van der Waals surface area contributed by atoms with Crippen molar-refractivity contribution < 1.29 is 4.42 Å². The zero-order valence-corrected chi connectivity index (χ0v) is 18.9. The van der Waals surface area contributed by atoms with Crippen LogP contribution in [0.4, 0.5) is 5.69 Å². The lowest BCUT2D eigenvalue weighted by Crippen LogP contribution is -2.44. The first-order chi connectivity index (χ1) is 15.3. The van der Waals surface area contributed by atoms with E-state index >= 15 is 0 Å². The first kappa shape index (κ1) is 21.7. The van der Waals surface area contributed by atoms with Crippen molar-refractivity contribution in [2.24, 2.45) is 10.9 Å². The van der Waals surface area contributed by atoms with Crippen LogP contribution in [-0.2, 0) is 6.42 Å². The lowest BCUT2D eigenvalue weighted by molar-refractivity contribution is 0.337. The highest BCUT2D eigenvalue weighted by molar-refractivity contribution is 5.80. The van der Waals surface area contributed by atoms with Gasteiger partial charge in [0.25, 0.3) is 0 Å². The van der Waals surface area contributed by atoms with Crippen LogP contribution < -0.4 is 10.2 Å². The third-order valence-corrected chi connectivity index (χ3v) is 6.77. The molecule has 0 atom stereocenters. The molecular weight excluding hydrogens is 386 g/mol. The van der Waals surface area contributed by atoms with Crippen LogP contribution in [-0.4, -0.2) is 55.1 Å². The van der Waals surface area contributed by atoms with Gasteiger partial charge in [0, 0.05) is 63.8 Å². The smallest absolute Gasteiger partial charge is 0.193 e. The number of aliphatic imine (C=N–C) groups is 1. The fourth-order valence-corrected chi connectivity index (χ4v) is 4.77. The summed E-state index contributed by atoms with van der Waals surface area (Å²) >= 11 is 0. The summed E-state index contributed by atoms with van der Waals surface area (Å²) in [7, 11) is 2.19. The summed E-state index contributed by atoms with van der Waals surface area (Å²) in [5.74, 6) is 2.86. The molecule has 3 heterocycles. The maximum atomic E-state index is 5.47. The molecule has 1 aliphatic carbocycles. The summed E-state index contributed by atoms with van der Waals surface area (Å²) < 4.78 is 5.47. The molecule has 2 aromatic heterocycles. The first-order valence-electron chi connectivity index (χ1n) is 12.0. The molecule has 6 heteroatoms. The van der Waals surface area contributed by atoms with Crippen LogP contribution in [0.2, 0.25) is 0 Å². The van der Waals surface area contributed by atoms with E-state index in [4.69, 9.17) is 9.41 Å². The van der Waals surface area contributed by atoms with Gasteiger partial charge < -0.3 is 19.5 Å². The first-order valence-corrected chi connectivity index (χ1v) is 12.0. The molecule has 0 bridgehead atoms. The Morgan fingerprint density at radius 1 is 1.16 bits per heavy atom. The van der Waals surface area contributed by atoms with Crippen LogP contribution in [0.15, 0.2) is 52.3 Å². The molecule has 2 aliphatic rings. The largest absolute Gasteiger partial charge is 0.469 e. The second kappa shape index (κ2) is 11.2. The van der Waals surface area contributed by atoms with E-state index in [1.165, 1.54) is 50.6 Å². The van der Waals surface area contributed by atoms with Gasteiger partial charge in [-0.3, -0.25) is 9.98 Å².